The van der Waals surface area contributed by atoms with Gasteiger partial charge in [-0.2, -0.15) is 0 Å². The van der Waals surface area contributed by atoms with E-state index in [4.69, 9.17) is 4.74 Å². The highest BCUT2D eigenvalue weighted by atomic mass is 32.2. The molecule has 1 unspecified atom stereocenters. The summed E-state index contributed by atoms with van der Waals surface area (Å²) in [5.41, 5.74) is 2.91. The summed E-state index contributed by atoms with van der Waals surface area (Å²) in [5.74, 6) is 0.755. The molecule has 5 nitrogen and oxygen atoms in total. The van der Waals surface area contributed by atoms with E-state index in [0.717, 1.165) is 25.8 Å². The molecule has 2 saturated heterocycles. The second-order valence-corrected chi connectivity index (χ2v) is 8.74. The van der Waals surface area contributed by atoms with Crippen LogP contribution in [0, 0.1) is 5.92 Å². The lowest BCUT2D eigenvalue weighted by molar-refractivity contribution is -0.143. The number of thioether (sulfide) groups is 1. The lowest BCUT2D eigenvalue weighted by Gasteiger charge is -2.36. The Balaban J connectivity index is 1.30. The van der Waals surface area contributed by atoms with Gasteiger partial charge in [0.05, 0.1) is 24.9 Å². The molecule has 27 heavy (non-hydrogen) atoms. The van der Waals surface area contributed by atoms with Crippen LogP contribution < -0.4 is 0 Å². The molecule has 0 radical (unpaired) electrons. The fourth-order valence-electron chi connectivity index (χ4n) is 4.32. The smallest absolute Gasteiger partial charge is 0.232 e. The van der Waals surface area contributed by atoms with Crippen molar-refractivity contribution in [1.29, 1.82) is 0 Å². The minimum atomic E-state index is -0.0502. The maximum Gasteiger partial charge on any atom is 0.232 e. The molecule has 1 atom stereocenters. The van der Waals surface area contributed by atoms with E-state index in [1.165, 1.54) is 28.9 Å². The number of likely N-dealkylation sites (tertiary alicyclic amines) is 1. The third-order valence-corrected chi connectivity index (χ3v) is 6.86. The molecule has 6 heteroatoms. The van der Waals surface area contributed by atoms with Crippen LogP contribution in [-0.4, -0.2) is 66.8 Å². The monoisotopic (exact) mass is 388 g/mol. The molecule has 1 aromatic rings. The molecule has 2 aliphatic heterocycles. The number of ether oxygens (including phenoxy) is 1. The van der Waals surface area contributed by atoms with Crippen LogP contribution in [0.3, 0.4) is 0 Å². The SMILES string of the molecule is O=C(CSc1ccc2c(c1)CCC2)N1CCCC(C(=O)N2CCOCC2)C1. The van der Waals surface area contributed by atoms with Crippen molar-refractivity contribution in [3.8, 4) is 0 Å². The van der Waals surface area contributed by atoms with Crippen LogP contribution in [0.4, 0.5) is 0 Å². The maximum absolute atomic E-state index is 12.7. The zero-order valence-corrected chi connectivity index (χ0v) is 16.6. The second-order valence-electron chi connectivity index (χ2n) is 7.69. The van der Waals surface area contributed by atoms with Crippen molar-refractivity contribution in [2.45, 2.75) is 37.0 Å². The van der Waals surface area contributed by atoms with Crippen molar-refractivity contribution in [3.63, 3.8) is 0 Å². The zero-order valence-electron chi connectivity index (χ0n) is 15.8. The van der Waals surface area contributed by atoms with Crippen molar-refractivity contribution in [1.82, 2.24) is 9.80 Å². The number of rotatable bonds is 4. The van der Waals surface area contributed by atoms with Crippen molar-refractivity contribution < 1.29 is 14.3 Å². The van der Waals surface area contributed by atoms with E-state index >= 15 is 0 Å². The predicted molar refractivity (Wildman–Crippen MR) is 106 cm³/mol. The van der Waals surface area contributed by atoms with Gasteiger partial charge in [-0.25, -0.2) is 0 Å². The van der Waals surface area contributed by atoms with Crippen LogP contribution in [0.25, 0.3) is 0 Å². The summed E-state index contributed by atoms with van der Waals surface area (Å²) >= 11 is 1.62. The average Bonchev–Trinajstić information content (AvgIpc) is 3.20. The molecule has 1 aromatic carbocycles. The zero-order chi connectivity index (χ0) is 18.6. The van der Waals surface area contributed by atoms with E-state index in [1.54, 1.807) is 11.8 Å². The highest BCUT2D eigenvalue weighted by molar-refractivity contribution is 8.00. The Kier molecular flexibility index (Phi) is 6.03. The van der Waals surface area contributed by atoms with Crippen LogP contribution in [-0.2, 0) is 27.2 Å². The summed E-state index contributed by atoms with van der Waals surface area (Å²) in [6.07, 6.45) is 5.39. The number of amides is 2. The molecule has 2 heterocycles. The summed E-state index contributed by atoms with van der Waals surface area (Å²) in [7, 11) is 0. The Bertz CT molecular complexity index is 703. The lowest BCUT2D eigenvalue weighted by Crippen LogP contribution is -2.49. The first-order chi connectivity index (χ1) is 13.2. The van der Waals surface area contributed by atoms with Gasteiger partial charge in [-0.15, -0.1) is 11.8 Å². The van der Waals surface area contributed by atoms with Crippen molar-refractivity contribution in [3.05, 3.63) is 29.3 Å². The van der Waals surface area contributed by atoms with E-state index in [9.17, 15) is 9.59 Å². The van der Waals surface area contributed by atoms with E-state index < -0.39 is 0 Å². The minimum Gasteiger partial charge on any atom is -0.378 e. The van der Waals surface area contributed by atoms with Gasteiger partial charge in [0.2, 0.25) is 11.8 Å². The maximum atomic E-state index is 12.7. The standard InChI is InChI=1S/C21H28N2O3S/c24-20(15-27-19-7-6-16-3-1-4-17(16)13-19)23-8-2-5-18(14-23)21(25)22-9-11-26-12-10-22/h6-7,13,18H,1-5,8-12,14-15H2. The summed E-state index contributed by atoms with van der Waals surface area (Å²) in [5, 5.41) is 0. The normalized spacial score (nSPS) is 22.6. The molecule has 4 rings (SSSR count). The van der Waals surface area contributed by atoms with Crippen LogP contribution in [0.1, 0.15) is 30.4 Å². The minimum absolute atomic E-state index is 0.0502. The van der Waals surface area contributed by atoms with E-state index in [1.807, 2.05) is 9.80 Å². The Hall–Kier alpha value is -1.53. The van der Waals surface area contributed by atoms with Crippen molar-refractivity contribution in [2.75, 3.05) is 45.1 Å². The van der Waals surface area contributed by atoms with Gasteiger partial charge in [0, 0.05) is 31.1 Å². The molecular weight excluding hydrogens is 360 g/mol. The number of nitrogens with zero attached hydrogens (tertiary/aromatic N) is 2. The Morgan fingerprint density at radius 2 is 1.85 bits per heavy atom. The largest absolute Gasteiger partial charge is 0.378 e. The lowest BCUT2D eigenvalue weighted by atomic mass is 9.96. The Morgan fingerprint density at radius 3 is 2.70 bits per heavy atom. The molecule has 2 fully saturated rings. The van der Waals surface area contributed by atoms with Crippen LogP contribution in [0.2, 0.25) is 0 Å². The summed E-state index contributed by atoms with van der Waals surface area (Å²) < 4.78 is 5.34. The van der Waals surface area contributed by atoms with Gasteiger partial charge in [0.15, 0.2) is 0 Å². The molecule has 1 aliphatic carbocycles. The van der Waals surface area contributed by atoms with E-state index in [0.29, 0.717) is 38.6 Å². The first kappa shape index (κ1) is 18.8. The first-order valence-corrected chi connectivity index (χ1v) is 11.1. The van der Waals surface area contributed by atoms with Crippen LogP contribution >= 0.6 is 11.8 Å². The molecular formula is C21H28N2O3S. The molecule has 0 aromatic heterocycles. The van der Waals surface area contributed by atoms with Gasteiger partial charge in [-0.05, 0) is 55.4 Å². The number of hydrogen-bond acceptors (Lipinski definition) is 4. The number of carbonyl (C=O) groups is 2. The highest BCUT2D eigenvalue weighted by Crippen LogP contribution is 2.28. The molecule has 2 amide bonds. The van der Waals surface area contributed by atoms with E-state index in [-0.39, 0.29) is 17.7 Å². The number of hydrogen-bond donors (Lipinski definition) is 0. The molecule has 0 saturated carbocycles. The topological polar surface area (TPSA) is 49.9 Å². The fourth-order valence-corrected chi connectivity index (χ4v) is 5.18. The van der Waals surface area contributed by atoms with E-state index in [2.05, 4.69) is 18.2 Å². The van der Waals surface area contributed by atoms with Gasteiger partial charge < -0.3 is 14.5 Å². The first-order valence-electron chi connectivity index (χ1n) is 10.1. The van der Waals surface area contributed by atoms with Gasteiger partial charge >= 0.3 is 0 Å². The number of piperidine rings is 1. The summed E-state index contributed by atoms with van der Waals surface area (Å²) in [6, 6.07) is 6.61. The fraction of sp³-hybridized carbons (Fsp3) is 0.619. The number of carbonyl (C=O) groups excluding carboxylic acids is 2. The van der Waals surface area contributed by atoms with Gasteiger partial charge in [0.1, 0.15) is 0 Å². The second kappa shape index (κ2) is 8.65. The van der Waals surface area contributed by atoms with Crippen molar-refractivity contribution in [2.24, 2.45) is 5.92 Å². The number of benzene rings is 1. The quantitative estimate of drug-likeness (QED) is 0.743. The third kappa shape index (κ3) is 4.49. The van der Waals surface area contributed by atoms with Crippen molar-refractivity contribution >= 4 is 23.6 Å². The van der Waals surface area contributed by atoms with Crippen LogP contribution in [0.5, 0.6) is 0 Å². The molecule has 0 spiro atoms. The highest BCUT2D eigenvalue weighted by Gasteiger charge is 2.31. The number of morpholine rings is 1. The summed E-state index contributed by atoms with van der Waals surface area (Å²) in [6.45, 7) is 3.95. The number of fused-ring (bicyclic) bond motifs is 1. The van der Waals surface area contributed by atoms with Gasteiger partial charge in [-0.3, -0.25) is 9.59 Å². The van der Waals surface area contributed by atoms with Crippen LogP contribution in [0.15, 0.2) is 23.1 Å². The number of aryl methyl sites for hydroxylation is 2. The molecule has 146 valence electrons. The molecule has 3 aliphatic rings. The Morgan fingerprint density at radius 1 is 1.04 bits per heavy atom. The Labute approximate surface area is 165 Å². The summed E-state index contributed by atoms with van der Waals surface area (Å²) in [4.78, 5) is 30.4. The molecule has 0 bridgehead atoms. The third-order valence-electron chi connectivity index (χ3n) is 5.88. The predicted octanol–water partition coefficient (Wildman–Crippen LogP) is 2.36. The molecule has 0 N–H and O–H groups in total. The average molecular weight is 389 g/mol. The van der Waals surface area contributed by atoms with Gasteiger partial charge in [0.25, 0.3) is 0 Å². The van der Waals surface area contributed by atoms with Gasteiger partial charge in [-0.1, -0.05) is 6.07 Å².